The summed E-state index contributed by atoms with van der Waals surface area (Å²) in [4.78, 5) is 0. The van der Waals surface area contributed by atoms with Gasteiger partial charge in [0.15, 0.2) is 0 Å². The molecule has 0 amide bonds. The van der Waals surface area contributed by atoms with Crippen LogP contribution in [0.5, 0.6) is 0 Å². The summed E-state index contributed by atoms with van der Waals surface area (Å²) in [7, 11) is -2.19. The molecule has 74 valence electrons. The van der Waals surface area contributed by atoms with Crippen molar-refractivity contribution in [3.8, 4) is 0 Å². The first-order valence-electron chi connectivity index (χ1n) is 4.96. The van der Waals surface area contributed by atoms with Gasteiger partial charge in [0.1, 0.15) is 7.14 Å². The molecule has 2 rings (SSSR count). The zero-order chi connectivity index (χ0) is 10.2. The first-order chi connectivity index (χ1) is 6.64. The number of benzene rings is 1. The molecule has 0 saturated carbocycles. The maximum Gasteiger partial charge on any atom is 0.139 e. The van der Waals surface area contributed by atoms with Gasteiger partial charge in [-0.2, -0.15) is 0 Å². The monoisotopic (exact) mass is 206 g/mol. The normalized spacial score (nSPS) is 27.0. The molecule has 0 bridgehead atoms. The van der Waals surface area contributed by atoms with Crippen molar-refractivity contribution in [2.75, 3.05) is 6.16 Å². The van der Waals surface area contributed by atoms with Gasteiger partial charge >= 0.3 is 0 Å². The van der Waals surface area contributed by atoms with Crippen molar-refractivity contribution in [2.24, 2.45) is 0 Å². The highest BCUT2D eigenvalue weighted by Gasteiger charge is 2.32. The summed E-state index contributed by atoms with van der Waals surface area (Å²) in [6, 6.07) is 9.88. The molecule has 1 aliphatic rings. The van der Waals surface area contributed by atoms with Gasteiger partial charge in [0, 0.05) is 11.5 Å². The number of hydrogen-bond donors (Lipinski definition) is 0. The van der Waals surface area contributed by atoms with Gasteiger partial charge in [-0.15, -0.1) is 0 Å². The van der Waals surface area contributed by atoms with E-state index in [4.69, 9.17) is 0 Å². The van der Waals surface area contributed by atoms with E-state index in [0.717, 1.165) is 23.2 Å². The summed E-state index contributed by atoms with van der Waals surface area (Å²) < 4.78 is 12.7. The third kappa shape index (κ3) is 1.36. The van der Waals surface area contributed by atoms with E-state index in [2.05, 4.69) is 6.92 Å². The summed E-state index contributed by atoms with van der Waals surface area (Å²) in [5.74, 6) is 0. The highest BCUT2D eigenvalue weighted by molar-refractivity contribution is 7.75. The highest BCUT2D eigenvalue weighted by atomic mass is 31.2. The number of hydrogen-bond acceptors (Lipinski definition) is 1. The maximum absolute atomic E-state index is 12.7. The molecule has 0 aromatic heterocycles. The topological polar surface area (TPSA) is 17.1 Å². The summed E-state index contributed by atoms with van der Waals surface area (Å²) in [5, 5.41) is 2.15. The molecule has 1 nitrogen and oxygen atoms in total. The second kappa shape index (κ2) is 3.40. The highest BCUT2D eigenvalue weighted by Crippen LogP contribution is 2.59. The molecule has 1 heterocycles. The Bertz CT molecular complexity index is 417. The Hall–Kier alpha value is -0.810. The lowest BCUT2D eigenvalue weighted by molar-refractivity contribution is 0.586. The van der Waals surface area contributed by atoms with E-state index in [1.807, 2.05) is 37.3 Å². The second-order valence-corrected chi connectivity index (χ2v) is 7.03. The van der Waals surface area contributed by atoms with E-state index in [0.29, 0.717) is 0 Å². The molecule has 0 spiro atoms. The van der Waals surface area contributed by atoms with Gasteiger partial charge in [0.25, 0.3) is 0 Å². The van der Waals surface area contributed by atoms with Crippen LogP contribution in [-0.2, 0) is 4.57 Å². The Morgan fingerprint density at radius 3 is 2.29 bits per heavy atom. The summed E-state index contributed by atoms with van der Waals surface area (Å²) in [6.07, 6.45) is 1.83. The van der Waals surface area contributed by atoms with Gasteiger partial charge < -0.3 is 4.57 Å². The first-order valence-corrected chi connectivity index (χ1v) is 6.85. The van der Waals surface area contributed by atoms with Crippen LogP contribution in [-0.4, -0.2) is 6.16 Å². The molecular weight excluding hydrogens is 191 g/mol. The van der Waals surface area contributed by atoms with Crippen LogP contribution in [0, 0.1) is 0 Å². The SMILES string of the molecule is CC1=C(C)P(=O)(c2ccccc2)CC1. The fourth-order valence-corrected chi connectivity index (χ4v) is 4.99. The van der Waals surface area contributed by atoms with Crippen molar-refractivity contribution >= 4 is 12.4 Å². The van der Waals surface area contributed by atoms with Crippen molar-refractivity contribution in [1.82, 2.24) is 0 Å². The largest absolute Gasteiger partial charge is 0.314 e. The Kier molecular flexibility index (Phi) is 2.36. The van der Waals surface area contributed by atoms with Crippen LogP contribution < -0.4 is 5.30 Å². The fraction of sp³-hybridized carbons (Fsp3) is 0.333. The van der Waals surface area contributed by atoms with Crippen molar-refractivity contribution in [3.05, 3.63) is 41.2 Å². The van der Waals surface area contributed by atoms with E-state index in [1.54, 1.807) is 0 Å². The van der Waals surface area contributed by atoms with Crippen LogP contribution >= 0.6 is 7.14 Å². The van der Waals surface area contributed by atoms with E-state index in [1.165, 1.54) is 5.57 Å². The van der Waals surface area contributed by atoms with Crippen LogP contribution in [0.15, 0.2) is 41.2 Å². The molecule has 0 radical (unpaired) electrons. The van der Waals surface area contributed by atoms with Gasteiger partial charge in [-0.1, -0.05) is 35.9 Å². The van der Waals surface area contributed by atoms with Gasteiger partial charge in [0.05, 0.1) is 0 Å². The average Bonchev–Trinajstić information content (AvgIpc) is 2.49. The molecule has 0 aliphatic carbocycles. The Balaban J connectivity index is 2.51. The standard InChI is InChI=1S/C12H15OP/c1-10-8-9-14(13,11(10)2)12-6-4-3-5-7-12/h3-7H,8-9H2,1-2H3. The van der Waals surface area contributed by atoms with Crippen LogP contribution in [0.3, 0.4) is 0 Å². The Morgan fingerprint density at radius 2 is 1.79 bits per heavy atom. The van der Waals surface area contributed by atoms with E-state index < -0.39 is 7.14 Å². The van der Waals surface area contributed by atoms with Gasteiger partial charge in [0.2, 0.25) is 0 Å². The van der Waals surface area contributed by atoms with Crippen LogP contribution in [0.2, 0.25) is 0 Å². The minimum Gasteiger partial charge on any atom is -0.314 e. The van der Waals surface area contributed by atoms with Crippen molar-refractivity contribution in [1.29, 1.82) is 0 Å². The van der Waals surface area contributed by atoms with E-state index >= 15 is 0 Å². The summed E-state index contributed by atoms with van der Waals surface area (Å²) in [5.41, 5.74) is 1.32. The molecule has 1 aromatic carbocycles. The summed E-state index contributed by atoms with van der Waals surface area (Å²) >= 11 is 0. The lowest BCUT2D eigenvalue weighted by Gasteiger charge is -2.13. The molecule has 0 fully saturated rings. The minimum atomic E-state index is -2.19. The van der Waals surface area contributed by atoms with Crippen molar-refractivity contribution in [2.45, 2.75) is 20.3 Å². The molecule has 1 atom stereocenters. The zero-order valence-electron chi connectivity index (χ0n) is 8.66. The molecule has 0 saturated heterocycles. The number of rotatable bonds is 1. The first kappa shape index (κ1) is 9.73. The van der Waals surface area contributed by atoms with Crippen molar-refractivity contribution in [3.63, 3.8) is 0 Å². The quantitative estimate of drug-likeness (QED) is 0.644. The molecular formula is C12H15OP. The zero-order valence-corrected chi connectivity index (χ0v) is 9.55. The lowest BCUT2D eigenvalue weighted by atomic mass is 10.2. The summed E-state index contributed by atoms with van der Waals surface area (Å²) in [6.45, 7) is 4.12. The average molecular weight is 206 g/mol. The molecule has 1 aliphatic heterocycles. The van der Waals surface area contributed by atoms with Crippen LogP contribution in [0.25, 0.3) is 0 Å². The maximum atomic E-state index is 12.7. The number of allylic oxidation sites excluding steroid dienone is 2. The van der Waals surface area contributed by atoms with Crippen LogP contribution in [0.4, 0.5) is 0 Å². The fourth-order valence-electron chi connectivity index (χ4n) is 1.97. The molecule has 0 N–H and O–H groups in total. The predicted molar refractivity (Wildman–Crippen MR) is 61.5 cm³/mol. The molecule has 1 unspecified atom stereocenters. The Labute approximate surface area is 85.2 Å². The second-order valence-electron chi connectivity index (χ2n) is 3.91. The lowest BCUT2D eigenvalue weighted by Crippen LogP contribution is -2.04. The van der Waals surface area contributed by atoms with Gasteiger partial charge in [-0.3, -0.25) is 0 Å². The third-order valence-electron chi connectivity index (χ3n) is 3.13. The molecule has 1 aromatic rings. The smallest absolute Gasteiger partial charge is 0.139 e. The van der Waals surface area contributed by atoms with Crippen LogP contribution in [0.1, 0.15) is 20.3 Å². The van der Waals surface area contributed by atoms with E-state index in [-0.39, 0.29) is 0 Å². The van der Waals surface area contributed by atoms with Crippen molar-refractivity contribution < 1.29 is 4.57 Å². The Morgan fingerprint density at radius 1 is 1.14 bits per heavy atom. The van der Waals surface area contributed by atoms with E-state index in [9.17, 15) is 4.57 Å². The van der Waals surface area contributed by atoms with Gasteiger partial charge in [-0.05, 0) is 25.6 Å². The molecule has 14 heavy (non-hydrogen) atoms. The molecule has 2 heteroatoms. The predicted octanol–water partition coefficient (Wildman–Crippen LogP) is 3.37. The minimum absolute atomic E-state index is 0.828. The third-order valence-corrected chi connectivity index (χ3v) is 6.59. The van der Waals surface area contributed by atoms with Gasteiger partial charge in [-0.25, -0.2) is 0 Å².